The van der Waals surface area contributed by atoms with Crippen molar-refractivity contribution in [3.8, 4) is 0 Å². The molecule has 2 rings (SSSR count). The molecule has 0 radical (unpaired) electrons. The summed E-state index contributed by atoms with van der Waals surface area (Å²) in [6, 6.07) is 10.7. The second-order valence-corrected chi connectivity index (χ2v) is 5.71. The third-order valence-electron chi connectivity index (χ3n) is 3.70. The van der Waals surface area contributed by atoms with Crippen molar-refractivity contribution >= 4 is 0 Å². The molecule has 1 unspecified atom stereocenters. The van der Waals surface area contributed by atoms with Crippen molar-refractivity contribution in [1.29, 1.82) is 0 Å². The topological polar surface area (TPSA) is 6.48 Å². The van der Waals surface area contributed by atoms with Crippen LogP contribution in [0.25, 0.3) is 0 Å². The van der Waals surface area contributed by atoms with Gasteiger partial charge in [-0.05, 0) is 17.9 Å². The highest BCUT2D eigenvalue weighted by Crippen LogP contribution is 2.25. The van der Waals surface area contributed by atoms with Gasteiger partial charge in [-0.15, -0.1) is 0 Å². The van der Waals surface area contributed by atoms with Crippen LogP contribution in [-0.4, -0.2) is 22.5 Å². The van der Waals surface area contributed by atoms with Crippen LogP contribution >= 0.6 is 0 Å². The van der Waals surface area contributed by atoms with E-state index in [0.29, 0.717) is 12.1 Å². The summed E-state index contributed by atoms with van der Waals surface area (Å²) < 4.78 is 0. The summed E-state index contributed by atoms with van der Waals surface area (Å²) in [6.45, 7) is 9.05. The molecule has 0 amide bonds. The van der Waals surface area contributed by atoms with E-state index in [0.717, 1.165) is 6.54 Å². The summed E-state index contributed by atoms with van der Waals surface area (Å²) in [5.41, 5.74) is 1.38. The maximum Gasteiger partial charge on any atom is 0.103 e. The summed E-state index contributed by atoms with van der Waals surface area (Å²) in [5.74, 6) is 0.635. The zero-order valence-electron chi connectivity index (χ0n) is 12.4. The van der Waals surface area contributed by atoms with Gasteiger partial charge in [0.25, 0.3) is 0 Å². The van der Waals surface area contributed by atoms with E-state index in [1.54, 1.807) is 0 Å². The van der Waals surface area contributed by atoms with Crippen LogP contribution < -0.4 is 0 Å². The van der Waals surface area contributed by atoms with Crippen LogP contribution in [0.1, 0.15) is 39.2 Å². The number of benzene rings is 1. The highest BCUT2D eigenvalue weighted by Gasteiger charge is 2.28. The molecule has 19 heavy (non-hydrogen) atoms. The van der Waals surface area contributed by atoms with Gasteiger partial charge in [0.05, 0.1) is 0 Å². The average Bonchev–Trinajstić information content (AvgIpc) is 2.80. The molecule has 0 spiro atoms. The number of rotatable bonds is 6. The summed E-state index contributed by atoms with van der Waals surface area (Å²) in [6.07, 6.45) is 7.56. The van der Waals surface area contributed by atoms with Gasteiger partial charge in [-0.2, -0.15) is 0 Å². The first kappa shape index (κ1) is 14.0. The minimum atomic E-state index is 0.506. The highest BCUT2D eigenvalue weighted by atomic mass is 15.4. The molecular weight excluding hydrogens is 232 g/mol. The van der Waals surface area contributed by atoms with Crippen molar-refractivity contribution in [3.05, 3.63) is 48.3 Å². The van der Waals surface area contributed by atoms with Gasteiger partial charge >= 0.3 is 0 Å². The summed E-state index contributed by atoms with van der Waals surface area (Å²) in [4.78, 5) is 4.97. The quantitative estimate of drug-likeness (QED) is 0.759. The van der Waals surface area contributed by atoms with Crippen molar-refractivity contribution in [2.75, 3.05) is 6.54 Å². The van der Waals surface area contributed by atoms with Crippen LogP contribution in [0.4, 0.5) is 0 Å². The Hall–Kier alpha value is -1.44. The Bertz CT molecular complexity index is 397. The van der Waals surface area contributed by atoms with Gasteiger partial charge in [-0.1, -0.05) is 57.5 Å². The fourth-order valence-electron chi connectivity index (χ4n) is 2.79. The average molecular weight is 258 g/mol. The van der Waals surface area contributed by atoms with Gasteiger partial charge in [-0.25, -0.2) is 0 Å². The molecule has 2 heteroatoms. The Labute approximate surface area is 117 Å². The molecule has 2 nitrogen and oxygen atoms in total. The highest BCUT2D eigenvalue weighted by molar-refractivity contribution is 5.16. The predicted molar refractivity (Wildman–Crippen MR) is 81.4 cm³/mol. The van der Waals surface area contributed by atoms with Crippen LogP contribution in [0.2, 0.25) is 0 Å². The number of unbranched alkanes of at least 4 members (excludes halogenated alkanes) is 1. The van der Waals surface area contributed by atoms with Crippen LogP contribution in [0.15, 0.2) is 42.7 Å². The lowest BCUT2D eigenvalue weighted by Gasteiger charge is -2.35. The van der Waals surface area contributed by atoms with E-state index in [4.69, 9.17) is 0 Å². The van der Waals surface area contributed by atoms with Crippen molar-refractivity contribution in [2.45, 2.75) is 46.3 Å². The molecule has 1 atom stereocenters. The largest absolute Gasteiger partial charge is 0.356 e. The Balaban J connectivity index is 2.02. The molecule has 1 aromatic carbocycles. The van der Waals surface area contributed by atoms with Gasteiger partial charge in [0.2, 0.25) is 0 Å². The smallest absolute Gasteiger partial charge is 0.103 e. The molecule has 0 N–H and O–H groups in total. The second-order valence-electron chi connectivity index (χ2n) is 5.71. The van der Waals surface area contributed by atoms with Crippen molar-refractivity contribution in [3.63, 3.8) is 0 Å². The first-order valence-electron chi connectivity index (χ1n) is 7.46. The maximum atomic E-state index is 2.50. The third kappa shape index (κ3) is 3.52. The Morgan fingerprint density at radius 1 is 1.05 bits per heavy atom. The first-order chi connectivity index (χ1) is 9.22. The van der Waals surface area contributed by atoms with Crippen LogP contribution in [0, 0.1) is 5.92 Å². The van der Waals surface area contributed by atoms with Crippen molar-refractivity contribution in [1.82, 2.24) is 9.80 Å². The number of hydrogen-bond donors (Lipinski definition) is 0. The lowest BCUT2D eigenvalue weighted by Crippen LogP contribution is -2.42. The molecule has 0 saturated carbocycles. The summed E-state index contributed by atoms with van der Waals surface area (Å²) >= 11 is 0. The minimum absolute atomic E-state index is 0.506. The number of nitrogens with zero attached hydrogens (tertiary/aromatic N) is 2. The Morgan fingerprint density at radius 3 is 2.37 bits per heavy atom. The van der Waals surface area contributed by atoms with Crippen LogP contribution in [0.5, 0.6) is 0 Å². The summed E-state index contributed by atoms with van der Waals surface area (Å²) in [5, 5.41) is 0. The minimum Gasteiger partial charge on any atom is -0.356 e. The molecule has 1 aliphatic heterocycles. The molecule has 0 aromatic heterocycles. The predicted octanol–water partition coefficient (Wildman–Crippen LogP) is 4.06. The fourth-order valence-corrected chi connectivity index (χ4v) is 2.79. The van der Waals surface area contributed by atoms with Crippen LogP contribution in [0.3, 0.4) is 0 Å². The maximum absolute atomic E-state index is 2.50. The van der Waals surface area contributed by atoms with E-state index in [2.05, 4.69) is 73.3 Å². The van der Waals surface area contributed by atoms with Gasteiger partial charge < -0.3 is 9.80 Å². The molecule has 0 fully saturated rings. The SMILES string of the molecule is CCCCN1C=CN(Cc2ccccc2)C1C(C)C. The molecule has 104 valence electrons. The molecule has 1 heterocycles. The van der Waals surface area contributed by atoms with E-state index in [1.165, 1.54) is 24.9 Å². The van der Waals surface area contributed by atoms with Crippen molar-refractivity contribution in [2.24, 2.45) is 5.92 Å². The molecule has 0 saturated heterocycles. The first-order valence-corrected chi connectivity index (χ1v) is 7.46. The monoisotopic (exact) mass is 258 g/mol. The zero-order valence-corrected chi connectivity index (χ0v) is 12.4. The van der Waals surface area contributed by atoms with Gasteiger partial charge in [0, 0.05) is 25.5 Å². The second kappa shape index (κ2) is 6.65. The lowest BCUT2D eigenvalue weighted by atomic mass is 10.1. The van der Waals surface area contributed by atoms with E-state index >= 15 is 0 Å². The molecule has 0 aliphatic carbocycles. The van der Waals surface area contributed by atoms with Crippen LogP contribution in [-0.2, 0) is 6.54 Å². The Kier molecular flexibility index (Phi) is 4.89. The molecule has 1 aliphatic rings. The van der Waals surface area contributed by atoms with Gasteiger partial charge in [0.15, 0.2) is 0 Å². The lowest BCUT2D eigenvalue weighted by molar-refractivity contribution is 0.101. The van der Waals surface area contributed by atoms with E-state index in [-0.39, 0.29) is 0 Å². The van der Waals surface area contributed by atoms with Crippen molar-refractivity contribution < 1.29 is 0 Å². The fraction of sp³-hybridized carbons (Fsp3) is 0.529. The Morgan fingerprint density at radius 2 is 1.74 bits per heavy atom. The normalized spacial score (nSPS) is 18.6. The summed E-state index contributed by atoms with van der Waals surface area (Å²) in [7, 11) is 0. The van der Waals surface area contributed by atoms with Gasteiger partial charge in [0.1, 0.15) is 6.17 Å². The van der Waals surface area contributed by atoms with E-state index in [9.17, 15) is 0 Å². The molecule has 0 bridgehead atoms. The zero-order chi connectivity index (χ0) is 13.7. The van der Waals surface area contributed by atoms with E-state index in [1.807, 2.05) is 0 Å². The molecule has 1 aromatic rings. The number of hydrogen-bond acceptors (Lipinski definition) is 2. The van der Waals surface area contributed by atoms with Gasteiger partial charge in [-0.3, -0.25) is 0 Å². The molecular formula is C17H26N2. The van der Waals surface area contributed by atoms with E-state index < -0.39 is 0 Å². The third-order valence-corrected chi connectivity index (χ3v) is 3.70. The standard InChI is InChI=1S/C17H26N2/c1-4-5-11-18-12-13-19(17(18)15(2)3)14-16-9-7-6-8-10-16/h6-10,12-13,15,17H,4-5,11,14H2,1-3H3.